The molecule has 27 heavy (non-hydrogen) atoms. The van der Waals surface area contributed by atoms with Crippen LogP contribution in [0.3, 0.4) is 0 Å². The van der Waals surface area contributed by atoms with Crippen LogP contribution in [0.5, 0.6) is 0 Å². The lowest BCUT2D eigenvalue weighted by Crippen LogP contribution is -2.66. The Morgan fingerprint density at radius 3 is 2.78 bits per heavy atom. The molecule has 7 heteroatoms. The van der Waals surface area contributed by atoms with Crippen LogP contribution in [0.1, 0.15) is 44.1 Å². The predicted molar refractivity (Wildman–Crippen MR) is 101 cm³/mol. The maximum atomic E-state index is 12.4. The van der Waals surface area contributed by atoms with Gasteiger partial charge < -0.3 is 19.7 Å². The normalized spacial score (nSPS) is 24.3. The summed E-state index contributed by atoms with van der Waals surface area (Å²) in [5.41, 5.74) is 0.901. The predicted octanol–water partition coefficient (Wildman–Crippen LogP) is 2.16. The van der Waals surface area contributed by atoms with Gasteiger partial charge in [-0.3, -0.25) is 4.79 Å². The van der Waals surface area contributed by atoms with E-state index in [2.05, 4.69) is 15.3 Å². The van der Waals surface area contributed by atoms with E-state index in [4.69, 9.17) is 9.47 Å². The Kier molecular flexibility index (Phi) is 5.59. The van der Waals surface area contributed by atoms with Gasteiger partial charge in [-0.15, -0.1) is 0 Å². The summed E-state index contributed by atoms with van der Waals surface area (Å²) in [5, 5.41) is 3.29. The van der Waals surface area contributed by atoms with Gasteiger partial charge in [-0.25, -0.2) is 9.97 Å². The third-order valence-corrected chi connectivity index (χ3v) is 6.17. The minimum absolute atomic E-state index is 0.105. The summed E-state index contributed by atoms with van der Waals surface area (Å²) < 4.78 is 11.8. The van der Waals surface area contributed by atoms with E-state index < -0.39 is 0 Å². The molecule has 1 amide bonds. The number of nitrogens with zero attached hydrogens (tertiary/aromatic N) is 3. The van der Waals surface area contributed by atoms with Gasteiger partial charge in [0, 0.05) is 25.5 Å². The van der Waals surface area contributed by atoms with Crippen LogP contribution in [0.15, 0.2) is 12.4 Å². The van der Waals surface area contributed by atoms with E-state index in [1.165, 1.54) is 12.8 Å². The Labute approximate surface area is 160 Å². The highest BCUT2D eigenvalue weighted by atomic mass is 16.5. The van der Waals surface area contributed by atoms with E-state index in [-0.39, 0.29) is 24.2 Å². The van der Waals surface area contributed by atoms with Crippen molar-refractivity contribution < 1.29 is 14.3 Å². The Morgan fingerprint density at radius 1 is 1.30 bits per heavy atom. The number of anilines is 1. The number of carbonyl (C=O) groups is 1. The number of ether oxygens (including phenoxy) is 2. The lowest BCUT2D eigenvalue weighted by Gasteiger charge is -2.50. The lowest BCUT2D eigenvalue weighted by atomic mass is 9.79. The van der Waals surface area contributed by atoms with Gasteiger partial charge in [-0.2, -0.15) is 0 Å². The molecule has 4 rings (SSSR count). The molecule has 148 valence electrons. The van der Waals surface area contributed by atoms with Crippen LogP contribution in [0.2, 0.25) is 0 Å². The highest BCUT2D eigenvalue weighted by Crippen LogP contribution is 2.41. The van der Waals surface area contributed by atoms with Gasteiger partial charge in [0.2, 0.25) is 11.9 Å². The molecule has 0 radical (unpaired) electrons. The average Bonchev–Trinajstić information content (AvgIpc) is 3.30. The number of hydrogen-bond donors (Lipinski definition) is 1. The minimum atomic E-state index is -0.154. The molecule has 1 atom stereocenters. The van der Waals surface area contributed by atoms with Crippen molar-refractivity contribution in [3.8, 4) is 0 Å². The van der Waals surface area contributed by atoms with E-state index in [9.17, 15) is 4.79 Å². The number of aryl methyl sites for hydroxylation is 1. The lowest BCUT2D eigenvalue weighted by molar-refractivity contribution is -0.170. The van der Waals surface area contributed by atoms with Gasteiger partial charge in [0.1, 0.15) is 12.2 Å². The summed E-state index contributed by atoms with van der Waals surface area (Å²) >= 11 is 0. The van der Waals surface area contributed by atoms with Crippen LogP contribution >= 0.6 is 0 Å². The molecule has 2 aliphatic heterocycles. The fourth-order valence-corrected chi connectivity index (χ4v) is 4.50. The highest BCUT2D eigenvalue weighted by Gasteiger charge is 2.54. The SMILES string of the molecule is Cc1cnc(NCC[C@@H]2CCOC23CN(C(=O)COC2CCCC2)C3)nc1. The van der Waals surface area contributed by atoms with E-state index in [1.54, 1.807) is 0 Å². The topological polar surface area (TPSA) is 76.6 Å². The molecule has 0 bridgehead atoms. The van der Waals surface area contributed by atoms with Crippen molar-refractivity contribution in [1.82, 2.24) is 14.9 Å². The first-order valence-corrected chi connectivity index (χ1v) is 10.2. The molecule has 1 spiro atoms. The molecule has 3 heterocycles. The van der Waals surface area contributed by atoms with Crippen molar-refractivity contribution in [1.29, 1.82) is 0 Å². The molecule has 3 fully saturated rings. The van der Waals surface area contributed by atoms with Gasteiger partial charge in [0.05, 0.1) is 19.2 Å². The maximum Gasteiger partial charge on any atom is 0.248 e. The molecule has 0 aromatic carbocycles. The number of aromatic nitrogens is 2. The number of carbonyl (C=O) groups excluding carboxylic acids is 1. The second kappa shape index (κ2) is 8.10. The Bertz CT molecular complexity index is 639. The third-order valence-electron chi connectivity index (χ3n) is 6.17. The van der Waals surface area contributed by atoms with E-state index in [1.807, 2.05) is 24.2 Å². The molecule has 1 saturated carbocycles. The molecule has 0 unspecified atom stereocenters. The average molecular weight is 374 g/mol. The minimum Gasteiger partial charge on any atom is -0.371 e. The van der Waals surface area contributed by atoms with E-state index in [0.29, 0.717) is 25.0 Å². The first-order valence-electron chi connectivity index (χ1n) is 10.2. The molecular weight excluding hydrogens is 344 g/mol. The maximum absolute atomic E-state index is 12.4. The van der Waals surface area contributed by atoms with Crippen molar-refractivity contribution >= 4 is 11.9 Å². The second-order valence-corrected chi connectivity index (χ2v) is 8.17. The molecular formula is C20H30N4O3. The van der Waals surface area contributed by atoms with Gasteiger partial charge in [0.15, 0.2) is 0 Å². The molecule has 1 aromatic rings. The summed E-state index contributed by atoms with van der Waals surface area (Å²) in [6, 6.07) is 0. The van der Waals surface area contributed by atoms with Crippen molar-refractivity contribution in [3.63, 3.8) is 0 Å². The first-order chi connectivity index (χ1) is 13.1. The third kappa shape index (κ3) is 4.24. The molecule has 1 aromatic heterocycles. The Balaban J connectivity index is 1.20. The summed E-state index contributed by atoms with van der Waals surface area (Å²) in [6.45, 7) is 5.20. The largest absolute Gasteiger partial charge is 0.371 e. The van der Waals surface area contributed by atoms with Crippen molar-refractivity contribution in [2.45, 2.75) is 57.2 Å². The highest BCUT2D eigenvalue weighted by molar-refractivity contribution is 5.78. The van der Waals surface area contributed by atoms with Gasteiger partial charge in [-0.05, 0) is 44.1 Å². The molecule has 7 nitrogen and oxygen atoms in total. The van der Waals surface area contributed by atoms with Crippen LogP contribution in [0.25, 0.3) is 0 Å². The van der Waals surface area contributed by atoms with E-state index >= 15 is 0 Å². The zero-order valence-corrected chi connectivity index (χ0v) is 16.2. The van der Waals surface area contributed by atoms with Gasteiger partial charge in [-0.1, -0.05) is 12.8 Å². The Morgan fingerprint density at radius 2 is 2.04 bits per heavy atom. The zero-order chi connectivity index (χ0) is 18.7. The fraction of sp³-hybridized carbons (Fsp3) is 0.750. The van der Waals surface area contributed by atoms with Crippen molar-refractivity contribution in [3.05, 3.63) is 18.0 Å². The summed E-state index contributed by atoms with van der Waals surface area (Å²) in [7, 11) is 0. The summed E-state index contributed by atoms with van der Waals surface area (Å²) in [4.78, 5) is 22.8. The van der Waals surface area contributed by atoms with Crippen LogP contribution in [0.4, 0.5) is 5.95 Å². The second-order valence-electron chi connectivity index (χ2n) is 8.17. The fourth-order valence-electron chi connectivity index (χ4n) is 4.50. The number of rotatable bonds is 7. The first kappa shape index (κ1) is 18.6. The quantitative estimate of drug-likeness (QED) is 0.788. The summed E-state index contributed by atoms with van der Waals surface area (Å²) in [6.07, 6.45) is 10.6. The van der Waals surface area contributed by atoms with Crippen LogP contribution in [-0.2, 0) is 14.3 Å². The number of nitrogens with one attached hydrogen (secondary N) is 1. The number of amides is 1. The summed E-state index contributed by atoms with van der Waals surface area (Å²) in [5.74, 6) is 1.24. The number of hydrogen-bond acceptors (Lipinski definition) is 6. The van der Waals surface area contributed by atoms with Gasteiger partial charge in [0.25, 0.3) is 0 Å². The van der Waals surface area contributed by atoms with E-state index in [0.717, 1.165) is 44.4 Å². The molecule has 2 saturated heterocycles. The standard InChI is InChI=1S/C20H30N4O3/c1-15-10-22-19(23-11-15)21-8-6-16-7-9-27-20(16)13-24(14-20)18(25)12-26-17-4-2-3-5-17/h10-11,16-17H,2-9,12-14H2,1H3,(H,21,22,23)/t16-/m1/s1. The Hall–Kier alpha value is -1.73. The molecule has 1 aliphatic carbocycles. The van der Waals surface area contributed by atoms with Crippen LogP contribution in [-0.4, -0.2) is 65.3 Å². The number of likely N-dealkylation sites (tertiary alicyclic amines) is 1. The molecule has 3 aliphatic rings. The molecule has 1 N–H and O–H groups in total. The smallest absolute Gasteiger partial charge is 0.248 e. The van der Waals surface area contributed by atoms with Crippen molar-refractivity contribution in [2.24, 2.45) is 5.92 Å². The zero-order valence-electron chi connectivity index (χ0n) is 16.2. The van der Waals surface area contributed by atoms with Crippen LogP contribution in [0, 0.1) is 12.8 Å². The van der Waals surface area contributed by atoms with Crippen LogP contribution < -0.4 is 5.32 Å². The monoisotopic (exact) mass is 374 g/mol. The van der Waals surface area contributed by atoms with Gasteiger partial charge >= 0.3 is 0 Å². The van der Waals surface area contributed by atoms with Crippen molar-refractivity contribution in [2.75, 3.05) is 38.2 Å².